The summed E-state index contributed by atoms with van der Waals surface area (Å²) in [5, 5.41) is 0. The highest BCUT2D eigenvalue weighted by Crippen LogP contribution is 2.32. The summed E-state index contributed by atoms with van der Waals surface area (Å²) in [6.07, 6.45) is -4.68. The quantitative estimate of drug-likeness (QED) is 0.556. The van der Waals surface area contributed by atoms with Gasteiger partial charge < -0.3 is 5.73 Å². The first-order valence-corrected chi connectivity index (χ1v) is 3.03. The van der Waals surface area contributed by atoms with Crippen LogP contribution in [0, 0.1) is 5.82 Å². The van der Waals surface area contributed by atoms with Crippen LogP contribution in [0.1, 0.15) is 5.56 Å². The van der Waals surface area contributed by atoms with Crippen LogP contribution in [0.3, 0.4) is 0 Å². The number of benzene rings is 1. The van der Waals surface area contributed by atoms with Crippen molar-refractivity contribution in [3.63, 3.8) is 0 Å². The molecule has 0 aliphatic heterocycles. The lowest BCUT2D eigenvalue weighted by atomic mass is 10.2. The van der Waals surface area contributed by atoms with E-state index in [4.69, 9.17) is 5.73 Å². The van der Waals surface area contributed by atoms with Gasteiger partial charge in [0, 0.05) is 5.69 Å². The van der Waals surface area contributed by atoms with Crippen LogP contribution < -0.4 is 5.73 Å². The molecule has 1 nitrogen and oxygen atoms in total. The summed E-state index contributed by atoms with van der Waals surface area (Å²) in [6, 6.07) is 2.33. The second kappa shape index (κ2) is 5.26. The van der Waals surface area contributed by atoms with Crippen molar-refractivity contribution in [1.29, 1.82) is 0 Å². The first kappa shape index (κ1) is 15.8. The fraction of sp³-hybridized carbons (Fsp3) is 0.143. The first-order chi connectivity index (χ1) is 5.41. The molecule has 0 unspecified atom stereocenters. The van der Waals surface area contributed by atoms with Crippen LogP contribution in [0.25, 0.3) is 0 Å². The fourth-order valence-electron chi connectivity index (χ4n) is 0.760. The van der Waals surface area contributed by atoms with E-state index in [-0.39, 0.29) is 30.5 Å². The summed E-state index contributed by atoms with van der Waals surface area (Å²) in [4.78, 5) is 0. The molecule has 0 aliphatic carbocycles. The molecule has 0 aromatic heterocycles. The molecular formula is C7H7Cl2F4N. The van der Waals surface area contributed by atoms with Crippen molar-refractivity contribution < 1.29 is 17.6 Å². The third-order valence-corrected chi connectivity index (χ3v) is 1.30. The lowest BCUT2D eigenvalue weighted by Gasteiger charge is -2.07. The molecule has 2 N–H and O–H groups in total. The number of nitrogen functional groups attached to an aromatic ring is 1. The van der Waals surface area contributed by atoms with Crippen molar-refractivity contribution >= 4 is 30.5 Å². The standard InChI is InChI=1S/C7H5F4N.2ClH/c8-6-2-1-4(12)3-5(6)7(9,10)11;;/h1-3H,12H2;2*1H. The number of anilines is 1. The predicted molar refractivity (Wildman–Crippen MR) is 50.3 cm³/mol. The van der Waals surface area contributed by atoms with E-state index in [2.05, 4.69) is 0 Å². The van der Waals surface area contributed by atoms with Gasteiger partial charge in [-0.2, -0.15) is 13.2 Å². The van der Waals surface area contributed by atoms with E-state index in [0.29, 0.717) is 12.1 Å². The Bertz CT molecular complexity index is 300. The molecule has 0 bridgehead atoms. The van der Waals surface area contributed by atoms with E-state index in [1.807, 2.05) is 0 Å². The van der Waals surface area contributed by atoms with Crippen molar-refractivity contribution in [2.24, 2.45) is 0 Å². The Balaban J connectivity index is 0. The molecule has 1 rings (SSSR count). The maximum atomic E-state index is 12.5. The van der Waals surface area contributed by atoms with Crippen LogP contribution in [-0.4, -0.2) is 0 Å². The summed E-state index contributed by atoms with van der Waals surface area (Å²) >= 11 is 0. The average molecular weight is 252 g/mol. The largest absolute Gasteiger partial charge is 0.419 e. The number of hydrogen-bond donors (Lipinski definition) is 1. The van der Waals surface area contributed by atoms with Crippen LogP contribution in [0.5, 0.6) is 0 Å². The van der Waals surface area contributed by atoms with E-state index >= 15 is 0 Å². The maximum Gasteiger partial charge on any atom is 0.419 e. The van der Waals surface area contributed by atoms with Crippen molar-refractivity contribution in [2.45, 2.75) is 6.18 Å². The second-order valence-electron chi connectivity index (χ2n) is 2.24. The van der Waals surface area contributed by atoms with Crippen molar-refractivity contribution in [3.05, 3.63) is 29.6 Å². The molecule has 0 heterocycles. The molecule has 0 fully saturated rings. The zero-order valence-electron chi connectivity index (χ0n) is 6.64. The molecule has 7 heteroatoms. The summed E-state index contributed by atoms with van der Waals surface area (Å²) < 4.78 is 48.3. The van der Waals surface area contributed by atoms with Gasteiger partial charge >= 0.3 is 6.18 Å². The molecule has 0 spiro atoms. The van der Waals surface area contributed by atoms with E-state index in [0.717, 1.165) is 6.07 Å². The van der Waals surface area contributed by atoms with E-state index in [1.54, 1.807) is 0 Å². The van der Waals surface area contributed by atoms with Gasteiger partial charge in [-0.05, 0) is 18.2 Å². The van der Waals surface area contributed by atoms with Crippen LogP contribution in [0.2, 0.25) is 0 Å². The number of halogens is 6. The fourth-order valence-corrected chi connectivity index (χ4v) is 0.760. The summed E-state index contributed by atoms with van der Waals surface area (Å²) in [5.74, 6) is -1.31. The van der Waals surface area contributed by atoms with Gasteiger partial charge in [-0.1, -0.05) is 0 Å². The Labute approximate surface area is 90.1 Å². The Kier molecular flexibility index (Phi) is 5.93. The minimum atomic E-state index is -4.68. The summed E-state index contributed by atoms with van der Waals surface area (Å²) in [5.41, 5.74) is 3.62. The van der Waals surface area contributed by atoms with Gasteiger partial charge in [0.2, 0.25) is 0 Å². The van der Waals surface area contributed by atoms with Gasteiger partial charge in [-0.25, -0.2) is 4.39 Å². The van der Waals surface area contributed by atoms with Crippen molar-refractivity contribution in [1.82, 2.24) is 0 Å². The van der Waals surface area contributed by atoms with Crippen LogP contribution >= 0.6 is 24.8 Å². The van der Waals surface area contributed by atoms with E-state index in [9.17, 15) is 17.6 Å². The normalized spacial score (nSPS) is 10.0. The molecule has 0 amide bonds. The topological polar surface area (TPSA) is 26.0 Å². The summed E-state index contributed by atoms with van der Waals surface area (Å²) in [6.45, 7) is 0. The Morgan fingerprint density at radius 1 is 1.07 bits per heavy atom. The number of nitrogens with two attached hydrogens (primary N) is 1. The molecule has 0 saturated carbocycles. The van der Waals surface area contributed by atoms with Crippen LogP contribution in [0.15, 0.2) is 18.2 Å². The van der Waals surface area contributed by atoms with Gasteiger partial charge in [0.25, 0.3) is 0 Å². The predicted octanol–water partition coefficient (Wildman–Crippen LogP) is 3.27. The van der Waals surface area contributed by atoms with Crippen LogP contribution in [0.4, 0.5) is 23.2 Å². The van der Waals surface area contributed by atoms with Gasteiger partial charge in [0.1, 0.15) is 5.82 Å². The minimum Gasteiger partial charge on any atom is -0.399 e. The lowest BCUT2D eigenvalue weighted by Crippen LogP contribution is -2.08. The molecule has 1 aromatic carbocycles. The highest BCUT2D eigenvalue weighted by atomic mass is 35.5. The first-order valence-electron chi connectivity index (χ1n) is 3.03. The zero-order chi connectivity index (χ0) is 9.35. The lowest BCUT2D eigenvalue weighted by molar-refractivity contribution is -0.139. The molecule has 0 atom stereocenters. The Morgan fingerprint density at radius 2 is 1.57 bits per heavy atom. The molecule has 1 aromatic rings. The van der Waals surface area contributed by atoms with Crippen LogP contribution in [-0.2, 0) is 6.18 Å². The Morgan fingerprint density at radius 3 is 1.93 bits per heavy atom. The second-order valence-corrected chi connectivity index (χ2v) is 2.24. The van der Waals surface area contributed by atoms with E-state index < -0.39 is 17.6 Å². The monoisotopic (exact) mass is 251 g/mol. The molecule has 0 saturated heterocycles. The Hall–Kier alpha value is -0.680. The highest BCUT2D eigenvalue weighted by Gasteiger charge is 2.33. The van der Waals surface area contributed by atoms with Gasteiger partial charge in [0.05, 0.1) is 5.56 Å². The highest BCUT2D eigenvalue weighted by molar-refractivity contribution is 5.85. The van der Waals surface area contributed by atoms with Crippen molar-refractivity contribution in [2.75, 3.05) is 5.73 Å². The molecule has 0 aliphatic rings. The molecular weight excluding hydrogens is 245 g/mol. The maximum absolute atomic E-state index is 12.5. The number of rotatable bonds is 0. The third kappa shape index (κ3) is 3.59. The average Bonchev–Trinajstić information content (AvgIpc) is 1.92. The number of hydrogen-bond acceptors (Lipinski definition) is 1. The molecule has 82 valence electrons. The van der Waals surface area contributed by atoms with Crippen molar-refractivity contribution in [3.8, 4) is 0 Å². The SMILES string of the molecule is Cl.Cl.Nc1ccc(F)c(C(F)(F)F)c1. The van der Waals surface area contributed by atoms with Gasteiger partial charge in [-0.15, -0.1) is 24.8 Å². The minimum absolute atomic E-state index is 0. The third-order valence-electron chi connectivity index (χ3n) is 1.30. The number of alkyl halides is 3. The smallest absolute Gasteiger partial charge is 0.399 e. The zero-order valence-corrected chi connectivity index (χ0v) is 8.27. The van der Waals surface area contributed by atoms with Gasteiger partial charge in [-0.3, -0.25) is 0 Å². The molecule has 14 heavy (non-hydrogen) atoms. The molecule has 0 radical (unpaired) electrons. The summed E-state index contributed by atoms with van der Waals surface area (Å²) in [7, 11) is 0. The van der Waals surface area contributed by atoms with Gasteiger partial charge in [0.15, 0.2) is 0 Å². The van der Waals surface area contributed by atoms with E-state index in [1.165, 1.54) is 0 Å².